The number of carbonyl (C=O) groups excluding carboxylic acids is 2. The number of rotatable bonds is 5. The predicted molar refractivity (Wildman–Crippen MR) is 117 cm³/mol. The van der Waals surface area contributed by atoms with E-state index in [-0.39, 0.29) is 23.2 Å². The Morgan fingerprint density at radius 3 is 2.43 bits per heavy atom. The highest BCUT2D eigenvalue weighted by atomic mass is 32.2. The lowest BCUT2D eigenvalue weighted by molar-refractivity contribution is -0.136. The van der Waals surface area contributed by atoms with Gasteiger partial charge in [-0.1, -0.05) is 30.3 Å². The number of amides is 2. The fourth-order valence-corrected chi connectivity index (χ4v) is 5.06. The number of benzene rings is 2. The van der Waals surface area contributed by atoms with Crippen molar-refractivity contribution in [3.05, 3.63) is 65.5 Å². The molecule has 2 saturated heterocycles. The van der Waals surface area contributed by atoms with Crippen LogP contribution in [0.5, 0.6) is 0 Å². The zero-order valence-electron chi connectivity index (χ0n) is 17.3. The minimum absolute atomic E-state index is 0.0897. The van der Waals surface area contributed by atoms with Gasteiger partial charge in [0.1, 0.15) is 5.82 Å². The number of hydrogen-bond donors (Lipinski definition) is 0. The predicted octanol–water partition coefficient (Wildman–Crippen LogP) is 4.27. The second-order valence-electron chi connectivity index (χ2n) is 8.20. The van der Waals surface area contributed by atoms with Gasteiger partial charge >= 0.3 is 0 Å². The number of carbonyl (C=O) groups is 2. The van der Waals surface area contributed by atoms with E-state index in [0.717, 1.165) is 24.8 Å². The number of likely N-dealkylation sites (tertiary alicyclic amines) is 2. The monoisotopic (exact) mass is 426 g/mol. The quantitative estimate of drug-likeness (QED) is 0.671. The molecular weight excluding hydrogens is 399 g/mol. The molecule has 2 heterocycles. The summed E-state index contributed by atoms with van der Waals surface area (Å²) in [7, 11) is 0. The molecule has 0 aromatic heterocycles. The highest BCUT2D eigenvalue weighted by Crippen LogP contribution is 2.40. The minimum Gasteiger partial charge on any atom is -0.342 e. The molecule has 30 heavy (non-hydrogen) atoms. The SMILES string of the molecule is CSc1ccc(CC(=O)N2CCC3(CCC(=O)N3Cc3ccccc3F)CC2)cc1. The van der Waals surface area contributed by atoms with E-state index in [1.807, 2.05) is 40.3 Å². The van der Waals surface area contributed by atoms with Gasteiger partial charge in [-0.05, 0) is 49.3 Å². The normalized spacial score (nSPS) is 18.3. The van der Waals surface area contributed by atoms with Gasteiger partial charge in [0.05, 0.1) is 6.42 Å². The summed E-state index contributed by atoms with van der Waals surface area (Å²) < 4.78 is 14.2. The summed E-state index contributed by atoms with van der Waals surface area (Å²) in [6, 6.07) is 14.8. The molecule has 2 amide bonds. The third kappa shape index (κ3) is 4.24. The molecule has 2 aromatic rings. The van der Waals surface area contributed by atoms with Crippen LogP contribution in [0.15, 0.2) is 53.4 Å². The van der Waals surface area contributed by atoms with Gasteiger partial charge in [0.15, 0.2) is 0 Å². The Hall–Kier alpha value is -2.34. The van der Waals surface area contributed by atoms with Gasteiger partial charge in [0, 0.05) is 42.1 Å². The van der Waals surface area contributed by atoms with Crippen LogP contribution >= 0.6 is 11.8 Å². The van der Waals surface area contributed by atoms with E-state index in [0.29, 0.717) is 38.0 Å². The van der Waals surface area contributed by atoms with E-state index in [2.05, 4.69) is 0 Å². The Bertz CT molecular complexity index is 923. The molecule has 1 spiro atoms. The largest absolute Gasteiger partial charge is 0.342 e. The molecule has 6 heteroatoms. The van der Waals surface area contributed by atoms with Gasteiger partial charge in [-0.25, -0.2) is 4.39 Å². The van der Waals surface area contributed by atoms with E-state index in [1.54, 1.807) is 30.0 Å². The van der Waals surface area contributed by atoms with Crippen molar-refractivity contribution < 1.29 is 14.0 Å². The first-order valence-corrected chi connectivity index (χ1v) is 11.7. The Morgan fingerprint density at radius 2 is 1.77 bits per heavy atom. The van der Waals surface area contributed by atoms with Crippen LogP contribution in [0.3, 0.4) is 0 Å². The second kappa shape index (κ2) is 8.80. The fraction of sp³-hybridized carbons (Fsp3) is 0.417. The Kier molecular flexibility index (Phi) is 6.14. The van der Waals surface area contributed by atoms with Crippen LogP contribution in [0.1, 0.15) is 36.8 Å². The van der Waals surface area contributed by atoms with Gasteiger partial charge in [0.2, 0.25) is 11.8 Å². The molecular formula is C24H27FN2O2S. The van der Waals surface area contributed by atoms with Crippen molar-refractivity contribution in [2.75, 3.05) is 19.3 Å². The number of halogens is 1. The maximum absolute atomic E-state index is 14.2. The van der Waals surface area contributed by atoms with E-state index < -0.39 is 0 Å². The van der Waals surface area contributed by atoms with Crippen LogP contribution < -0.4 is 0 Å². The van der Waals surface area contributed by atoms with Crippen LogP contribution in [-0.4, -0.2) is 46.5 Å². The van der Waals surface area contributed by atoms with Crippen LogP contribution in [-0.2, 0) is 22.6 Å². The first-order valence-electron chi connectivity index (χ1n) is 10.5. The zero-order valence-corrected chi connectivity index (χ0v) is 18.1. The lowest BCUT2D eigenvalue weighted by Crippen LogP contribution is -2.54. The lowest BCUT2D eigenvalue weighted by atomic mass is 9.84. The second-order valence-corrected chi connectivity index (χ2v) is 9.08. The molecule has 0 aliphatic carbocycles. The van der Waals surface area contributed by atoms with E-state index in [4.69, 9.17) is 0 Å². The molecule has 0 radical (unpaired) electrons. The molecule has 0 saturated carbocycles. The van der Waals surface area contributed by atoms with Crippen LogP contribution in [0.25, 0.3) is 0 Å². The summed E-state index contributed by atoms with van der Waals surface area (Å²) in [5.41, 5.74) is 1.32. The Balaban J connectivity index is 1.39. The number of thioether (sulfide) groups is 1. The summed E-state index contributed by atoms with van der Waals surface area (Å²) in [5, 5.41) is 0. The van der Waals surface area contributed by atoms with Crippen molar-refractivity contribution in [2.45, 2.75) is 49.1 Å². The first kappa shape index (κ1) is 20.9. The third-order valence-corrected chi connectivity index (χ3v) is 7.27. The standard InChI is InChI=1S/C24H27FN2O2S/c1-30-20-8-6-18(7-9-20)16-23(29)26-14-12-24(13-15-26)11-10-22(28)27(24)17-19-4-2-3-5-21(19)25/h2-9H,10-17H2,1H3. The van der Waals surface area contributed by atoms with Crippen molar-refractivity contribution in [1.29, 1.82) is 0 Å². The summed E-state index contributed by atoms with van der Waals surface area (Å²) >= 11 is 1.69. The molecule has 4 rings (SSSR count). The average molecular weight is 427 g/mol. The van der Waals surface area contributed by atoms with Gasteiger partial charge in [-0.15, -0.1) is 11.8 Å². The van der Waals surface area contributed by atoms with Crippen molar-refractivity contribution >= 4 is 23.6 Å². The zero-order chi connectivity index (χ0) is 21.1. The van der Waals surface area contributed by atoms with Crippen molar-refractivity contribution in [2.24, 2.45) is 0 Å². The van der Waals surface area contributed by atoms with Gasteiger partial charge in [0.25, 0.3) is 0 Å². The number of nitrogens with zero attached hydrogens (tertiary/aromatic N) is 2. The summed E-state index contributed by atoms with van der Waals surface area (Å²) in [6.45, 7) is 1.59. The van der Waals surface area contributed by atoms with E-state index in [1.165, 1.54) is 11.0 Å². The molecule has 2 aliphatic rings. The first-order chi connectivity index (χ1) is 14.5. The molecule has 2 aromatic carbocycles. The Morgan fingerprint density at radius 1 is 1.07 bits per heavy atom. The van der Waals surface area contributed by atoms with Gasteiger partial charge < -0.3 is 9.80 Å². The van der Waals surface area contributed by atoms with E-state index in [9.17, 15) is 14.0 Å². The minimum atomic E-state index is -0.271. The van der Waals surface area contributed by atoms with Crippen molar-refractivity contribution in [3.8, 4) is 0 Å². The van der Waals surface area contributed by atoms with Crippen molar-refractivity contribution in [1.82, 2.24) is 9.80 Å². The topological polar surface area (TPSA) is 40.6 Å². The van der Waals surface area contributed by atoms with Crippen LogP contribution in [0.4, 0.5) is 4.39 Å². The molecule has 0 atom stereocenters. The van der Waals surface area contributed by atoms with Crippen LogP contribution in [0, 0.1) is 5.82 Å². The summed E-state index contributed by atoms with van der Waals surface area (Å²) in [5.74, 6) is -0.0499. The molecule has 2 fully saturated rings. The average Bonchev–Trinajstić information content (AvgIpc) is 3.06. The summed E-state index contributed by atoms with van der Waals surface area (Å²) in [4.78, 5) is 30.4. The smallest absolute Gasteiger partial charge is 0.226 e. The molecule has 2 aliphatic heterocycles. The molecule has 4 nitrogen and oxygen atoms in total. The maximum Gasteiger partial charge on any atom is 0.226 e. The van der Waals surface area contributed by atoms with Crippen LogP contribution in [0.2, 0.25) is 0 Å². The molecule has 0 N–H and O–H groups in total. The van der Waals surface area contributed by atoms with Gasteiger partial charge in [-0.2, -0.15) is 0 Å². The molecule has 0 bridgehead atoms. The highest BCUT2D eigenvalue weighted by molar-refractivity contribution is 7.98. The maximum atomic E-state index is 14.2. The lowest BCUT2D eigenvalue weighted by Gasteiger charge is -2.45. The van der Waals surface area contributed by atoms with Gasteiger partial charge in [-0.3, -0.25) is 9.59 Å². The molecule has 0 unspecified atom stereocenters. The number of hydrogen-bond acceptors (Lipinski definition) is 3. The van der Waals surface area contributed by atoms with Crippen molar-refractivity contribution in [3.63, 3.8) is 0 Å². The molecule has 158 valence electrons. The highest BCUT2D eigenvalue weighted by Gasteiger charge is 2.47. The third-order valence-electron chi connectivity index (χ3n) is 6.53. The Labute approximate surface area is 181 Å². The fourth-order valence-electron chi connectivity index (χ4n) is 4.65. The van der Waals surface area contributed by atoms with E-state index >= 15 is 0 Å². The summed E-state index contributed by atoms with van der Waals surface area (Å²) in [6.07, 6.45) is 5.24. The number of piperidine rings is 1.